The molecule has 0 saturated carbocycles. The number of piperidine rings is 2. The van der Waals surface area contributed by atoms with Gasteiger partial charge in [-0.15, -0.1) is 0 Å². The van der Waals surface area contributed by atoms with Crippen LogP contribution in [0.15, 0.2) is 97.5 Å². The normalized spacial score (nSPS) is 18.5. The summed E-state index contributed by atoms with van der Waals surface area (Å²) < 4.78 is 6.03. The van der Waals surface area contributed by atoms with Crippen molar-refractivity contribution in [1.29, 1.82) is 0 Å². The third kappa shape index (κ3) is 9.30. The van der Waals surface area contributed by atoms with E-state index in [0.717, 1.165) is 105 Å². The molecule has 4 amide bonds. The molecule has 6 heterocycles. The first-order chi connectivity index (χ1) is 30.7. The molecule has 1 atom stereocenters. The Morgan fingerprint density at radius 2 is 1.59 bits per heavy atom. The number of carbonyl (C=O) groups excluding carboxylic acids is 4. The van der Waals surface area contributed by atoms with E-state index in [1.807, 2.05) is 53.4 Å². The molecule has 1 unspecified atom stereocenters. The van der Waals surface area contributed by atoms with Crippen LogP contribution in [0.25, 0.3) is 22.4 Å². The van der Waals surface area contributed by atoms with Crippen molar-refractivity contribution >= 4 is 52.6 Å². The van der Waals surface area contributed by atoms with Gasteiger partial charge in [-0.05, 0) is 105 Å². The van der Waals surface area contributed by atoms with Gasteiger partial charge in [0.1, 0.15) is 11.8 Å². The number of amides is 4. The lowest BCUT2D eigenvalue weighted by molar-refractivity contribution is -0.137. The SMILES string of the molecule is O=C1CCC(N2Cc3cc(OCCCCCCCN4CCC5(CC4)CCN(c4cncc(Nc6ncc(Cl)c(-c7cccc(-c8ccccc8)c7)n6)c4)C5=O)ccc3C2=O)C(=O)N1. The Labute approximate surface area is 372 Å². The van der Waals surface area contributed by atoms with E-state index in [1.54, 1.807) is 29.6 Å². The van der Waals surface area contributed by atoms with Crippen molar-refractivity contribution < 1.29 is 23.9 Å². The maximum absolute atomic E-state index is 14.0. The molecule has 1 spiro atoms. The molecule has 0 bridgehead atoms. The maximum Gasteiger partial charge on any atom is 0.255 e. The monoisotopic (exact) mass is 866 g/mol. The molecule has 9 rings (SSSR count). The van der Waals surface area contributed by atoms with Gasteiger partial charge in [-0.25, -0.2) is 9.97 Å². The van der Waals surface area contributed by atoms with Crippen LogP contribution < -0.4 is 20.3 Å². The van der Waals surface area contributed by atoms with Gasteiger partial charge in [0.25, 0.3) is 5.91 Å². The maximum atomic E-state index is 14.0. The fourth-order valence-electron chi connectivity index (χ4n) is 9.41. The molecule has 3 aromatic carbocycles. The van der Waals surface area contributed by atoms with E-state index in [4.69, 9.17) is 21.3 Å². The van der Waals surface area contributed by atoms with Gasteiger partial charge in [-0.1, -0.05) is 79.4 Å². The van der Waals surface area contributed by atoms with E-state index in [2.05, 4.69) is 49.8 Å². The van der Waals surface area contributed by atoms with E-state index in [1.165, 1.54) is 0 Å². The Morgan fingerprint density at radius 1 is 0.810 bits per heavy atom. The summed E-state index contributed by atoms with van der Waals surface area (Å²) in [4.78, 5) is 70.6. The number of hydrogen-bond acceptors (Lipinski definition) is 10. The molecule has 3 fully saturated rings. The molecule has 324 valence electrons. The Hall–Kier alpha value is -6.18. The molecule has 0 aliphatic carbocycles. The standard InChI is InChI=1S/C49H51ClN8O5/c50-41-31-52-48(55-44(41)35-13-9-12-34(26-35)33-10-5-4-6-11-33)53-37-28-38(30-51-29-37)57-24-20-49(47(57)62)18-22-56(23-19-49)21-7-2-1-3-8-25-63-39-14-15-40-36(27-39)32-58(46(40)61)42-16-17-43(59)54-45(42)60/h4-6,9-15,26-31,42H,1-3,7-8,16-25,32H2,(H,52,53,55)(H,54,59,60). The lowest BCUT2D eigenvalue weighted by Gasteiger charge is -2.38. The number of benzene rings is 3. The first-order valence-electron chi connectivity index (χ1n) is 22.1. The number of carbonyl (C=O) groups is 4. The van der Waals surface area contributed by atoms with Gasteiger partial charge in [0, 0.05) is 30.6 Å². The number of aromatic nitrogens is 3. The molecule has 14 heteroatoms. The molecule has 4 aliphatic heterocycles. The van der Waals surface area contributed by atoms with Crippen molar-refractivity contribution in [3.63, 3.8) is 0 Å². The minimum Gasteiger partial charge on any atom is -0.494 e. The number of pyridine rings is 1. The highest BCUT2D eigenvalue weighted by atomic mass is 35.5. The van der Waals surface area contributed by atoms with Gasteiger partial charge in [-0.2, -0.15) is 0 Å². The summed E-state index contributed by atoms with van der Waals surface area (Å²) in [5.74, 6) is 0.422. The van der Waals surface area contributed by atoms with Gasteiger partial charge < -0.3 is 24.8 Å². The zero-order valence-electron chi connectivity index (χ0n) is 35.2. The zero-order chi connectivity index (χ0) is 43.3. The lowest BCUT2D eigenvalue weighted by atomic mass is 9.77. The topological polar surface area (TPSA) is 150 Å². The largest absolute Gasteiger partial charge is 0.494 e. The van der Waals surface area contributed by atoms with Crippen LogP contribution in [0.1, 0.15) is 80.1 Å². The van der Waals surface area contributed by atoms with Crippen LogP contribution in [0.2, 0.25) is 5.02 Å². The summed E-state index contributed by atoms with van der Waals surface area (Å²) in [7, 11) is 0. The molecule has 4 aliphatic rings. The predicted octanol–water partition coefficient (Wildman–Crippen LogP) is 8.21. The minimum absolute atomic E-state index is 0.179. The van der Waals surface area contributed by atoms with Gasteiger partial charge in [0.15, 0.2) is 0 Å². The molecule has 63 heavy (non-hydrogen) atoms. The molecule has 0 radical (unpaired) electrons. The van der Waals surface area contributed by atoms with Gasteiger partial charge >= 0.3 is 0 Å². The van der Waals surface area contributed by atoms with Gasteiger partial charge in [0.05, 0.1) is 52.7 Å². The molecule has 5 aromatic rings. The third-order valence-electron chi connectivity index (χ3n) is 13.0. The quantitative estimate of drug-likeness (QED) is 0.0779. The predicted molar refractivity (Wildman–Crippen MR) is 242 cm³/mol. The second kappa shape index (κ2) is 18.7. The number of rotatable bonds is 15. The second-order valence-electron chi connectivity index (χ2n) is 17.1. The Bertz CT molecular complexity index is 2510. The van der Waals surface area contributed by atoms with E-state index < -0.39 is 11.9 Å². The van der Waals surface area contributed by atoms with E-state index in [9.17, 15) is 19.2 Å². The number of ether oxygens (including phenoxy) is 1. The number of unbranched alkanes of at least 4 members (excludes halogenated alkanes) is 4. The molecule has 2 aromatic heterocycles. The fraction of sp³-hybridized carbons (Fsp3) is 0.367. The number of anilines is 3. The van der Waals surface area contributed by atoms with E-state index in [0.29, 0.717) is 54.0 Å². The van der Waals surface area contributed by atoms with Crippen molar-refractivity contribution in [2.45, 2.75) is 76.8 Å². The molecular formula is C49H51ClN8O5. The molecular weight excluding hydrogens is 816 g/mol. The Kier molecular flexibility index (Phi) is 12.5. The molecule has 3 saturated heterocycles. The van der Waals surface area contributed by atoms with Crippen molar-refractivity contribution in [2.24, 2.45) is 5.41 Å². The third-order valence-corrected chi connectivity index (χ3v) is 13.3. The van der Waals surface area contributed by atoms with Crippen molar-refractivity contribution in [1.82, 2.24) is 30.1 Å². The highest BCUT2D eigenvalue weighted by Gasteiger charge is 2.48. The number of imide groups is 1. The van der Waals surface area contributed by atoms with Crippen LogP contribution >= 0.6 is 11.6 Å². The average Bonchev–Trinajstić information content (AvgIpc) is 3.80. The zero-order valence-corrected chi connectivity index (χ0v) is 36.0. The number of nitrogens with one attached hydrogen (secondary N) is 2. The first-order valence-corrected chi connectivity index (χ1v) is 22.5. The van der Waals surface area contributed by atoms with Crippen LogP contribution in [0.5, 0.6) is 5.75 Å². The summed E-state index contributed by atoms with van der Waals surface area (Å²) in [6.45, 7) is 4.50. The summed E-state index contributed by atoms with van der Waals surface area (Å²) in [6, 6.07) is 25.1. The minimum atomic E-state index is -0.622. The van der Waals surface area contributed by atoms with Crippen molar-refractivity contribution in [2.75, 3.05) is 43.0 Å². The van der Waals surface area contributed by atoms with Crippen LogP contribution in [0.4, 0.5) is 17.3 Å². The van der Waals surface area contributed by atoms with Gasteiger partial charge in [-0.3, -0.25) is 29.5 Å². The van der Waals surface area contributed by atoms with Crippen LogP contribution in [-0.2, 0) is 20.9 Å². The smallest absolute Gasteiger partial charge is 0.255 e. The van der Waals surface area contributed by atoms with Crippen molar-refractivity contribution in [3.05, 3.63) is 114 Å². The number of hydrogen-bond donors (Lipinski definition) is 2. The van der Waals surface area contributed by atoms with Crippen LogP contribution in [0, 0.1) is 5.41 Å². The van der Waals surface area contributed by atoms with Crippen LogP contribution in [0.3, 0.4) is 0 Å². The summed E-state index contributed by atoms with van der Waals surface area (Å²) in [5, 5.41) is 6.09. The summed E-state index contributed by atoms with van der Waals surface area (Å²) in [6.07, 6.45) is 13.6. The highest BCUT2D eigenvalue weighted by Crippen LogP contribution is 2.43. The lowest BCUT2D eigenvalue weighted by Crippen LogP contribution is -2.52. The summed E-state index contributed by atoms with van der Waals surface area (Å²) >= 11 is 6.61. The van der Waals surface area contributed by atoms with E-state index in [-0.39, 0.29) is 29.6 Å². The first kappa shape index (κ1) is 42.1. The summed E-state index contributed by atoms with van der Waals surface area (Å²) in [5.41, 5.74) is 6.24. The molecule has 2 N–H and O–H groups in total. The Balaban J connectivity index is 0.693. The number of fused-ring (bicyclic) bond motifs is 1. The fourth-order valence-corrected chi connectivity index (χ4v) is 9.61. The number of likely N-dealkylation sites (tertiary alicyclic amines) is 1. The van der Waals surface area contributed by atoms with E-state index >= 15 is 0 Å². The van der Waals surface area contributed by atoms with Crippen molar-refractivity contribution in [3.8, 4) is 28.1 Å². The Morgan fingerprint density at radius 3 is 2.43 bits per heavy atom. The molecule has 13 nitrogen and oxygen atoms in total. The highest BCUT2D eigenvalue weighted by molar-refractivity contribution is 6.33. The average molecular weight is 867 g/mol. The second-order valence-corrected chi connectivity index (χ2v) is 17.5. The van der Waals surface area contributed by atoms with Crippen LogP contribution in [-0.4, -0.2) is 87.2 Å². The van der Waals surface area contributed by atoms with Gasteiger partial charge in [0.2, 0.25) is 23.7 Å². The number of halogens is 1. The number of nitrogens with zero attached hydrogens (tertiary/aromatic N) is 6.